The minimum absolute atomic E-state index is 0.00708. The number of piperidine rings is 1. The summed E-state index contributed by atoms with van der Waals surface area (Å²) in [5.74, 6) is -0.115. The molecule has 0 bridgehead atoms. The van der Waals surface area contributed by atoms with Gasteiger partial charge in [-0.1, -0.05) is 30.3 Å². The van der Waals surface area contributed by atoms with Crippen molar-refractivity contribution in [3.63, 3.8) is 0 Å². The van der Waals surface area contributed by atoms with Crippen LogP contribution in [0.25, 0.3) is 0 Å². The minimum atomic E-state index is -4.21. The van der Waals surface area contributed by atoms with E-state index in [9.17, 15) is 18.0 Å². The average Bonchev–Trinajstić information content (AvgIpc) is 2.46. The lowest BCUT2D eigenvalue weighted by Crippen LogP contribution is -2.54. The Morgan fingerprint density at radius 2 is 1.95 bits per heavy atom. The zero-order chi connectivity index (χ0) is 15.3. The number of benzene rings is 1. The molecule has 0 spiro atoms. The topological polar surface area (TPSA) is 41.1 Å². The molecule has 1 aliphatic rings. The van der Waals surface area contributed by atoms with E-state index in [4.69, 9.17) is 0 Å². The van der Waals surface area contributed by atoms with E-state index < -0.39 is 12.2 Å². The van der Waals surface area contributed by atoms with Gasteiger partial charge in [0.1, 0.15) is 6.04 Å². The normalized spacial score (nSPS) is 22.8. The quantitative estimate of drug-likeness (QED) is 0.896. The molecule has 1 aromatic carbocycles. The molecule has 116 valence electrons. The van der Waals surface area contributed by atoms with Crippen molar-refractivity contribution in [2.45, 2.75) is 43.9 Å². The number of rotatable bonds is 4. The first-order chi connectivity index (χ1) is 9.95. The maximum Gasteiger partial charge on any atom is 0.403 e. The molecule has 2 atom stereocenters. The SMILES string of the molecule is O=C(CCc1ccccc1)NC1CCC(C(F)(F)F)NC1. The van der Waals surface area contributed by atoms with Gasteiger partial charge in [-0.3, -0.25) is 4.79 Å². The van der Waals surface area contributed by atoms with E-state index in [2.05, 4.69) is 10.6 Å². The fourth-order valence-electron chi connectivity index (χ4n) is 2.46. The number of amides is 1. The molecule has 0 aliphatic carbocycles. The Morgan fingerprint density at radius 1 is 1.24 bits per heavy atom. The van der Waals surface area contributed by atoms with Crippen LogP contribution in [0.4, 0.5) is 13.2 Å². The molecule has 2 rings (SSSR count). The van der Waals surface area contributed by atoms with Crippen LogP contribution in [0.2, 0.25) is 0 Å². The van der Waals surface area contributed by atoms with Gasteiger partial charge in [-0.05, 0) is 24.8 Å². The van der Waals surface area contributed by atoms with Crippen LogP contribution in [0.15, 0.2) is 30.3 Å². The molecule has 3 nitrogen and oxygen atoms in total. The van der Waals surface area contributed by atoms with Crippen LogP contribution < -0.4 is 10.6 Å². The fraction of sp³-hybridized carbons (Fsp3) is 0.533. The second-order valence-electron chi connectivity index (χ2n) is 5.33. The molecule has 1 amide bonds. The summed E-state index contributed by atoms with van der Waals surface area (Å²) in [7, 11) is 0. The van der Waals surface area contributed by atoms with Crippen LogP contribution >= 0.6 is 0 Å². The number of alkyl halides is 3. The Morgan fingerprint density at radius 3 is 2.52 bits per heavy atom. The van der Waals surface area contributed by atoms with Gasteiger partial charge in [-0.15, -0.1) is 0 Å². The Hall–Kier alpha value is -1.56. The molecule has 1 saturated heterocycles. The van der Waals surface area contributed by atoms with Gasteiger partial charge in [0.25, 0.3) is 0 Å². The van der Waals surface area contributed by atoms with Gasteiger partial charge in [-0.2, -0.15) is 13.2 Å². The van der Waals surface area contributed by atoms with E-state index in [0.717, 1.165) is 5.56 Å². The molecule has 2 N–H and O–H groups in total. The first kappa shape index (κ1) is 15.8. The highest BCUT2D eigenvalue weighted by Crippen LogP contribution is 2.26. The summed E-state index contributed by atoms with van der Waals surface area (Å²) < 4.78 is 37.5. The van der Waals surface area contributed by atoms with Gasteiger partial charge in [0.15, 0.2) is 0 Å². The van der Waals surface area contributed by atoms with Crippen molar-refractivity contribution in [1.29, 1.82) is 0 Å². The monoisotopic (exact) mass is 300 g/mol. The van der Waals surface area contributed by atoms with Gasteiger partial charge < -0.3 is 10.6 Å². The summed E-state index contributed by atoms with van der Waals surface area (Å²) in [6, 6.07) is 7.97. The highest BCUT2D eigenvalue weighted by molar-refractivity contribution is 5.76. The molecule has 21 heavy (non-hydrogen) atoms. The Kier molecular flexibility index (Phi) is 5.22. The summed E-state index contributed by atoms with van der Waals surface area (Å²) in [6.07, 6.45) is -2.86. The molecule has 0 radical (unpaired) electrons. The number of aryl methyl sites for hydroxylation is 1. The van der Waals surface area contributed by atoms with E-state index in [1.54, 1.807) is 0 Å². The smallest absolute Gasteiger partial charge is 0.352 e. The second kappa shape index (κ2) is 6.93. The molecule has 0 saturated carbocycles. The lowest BCUT2D eigenvalue weighted by atomic mass is 10.00. The molecule has 1 aromatic rings. The molecule has 1 fully saturated rings. The highest BCUT2D eigenvalue weighted by atomic mass is 19.4. The van der Waals surface area contributed by atoms with Gasteiger partial charge in [-0.25, -0.2) is 0 Å². The molecule has 6 heteroatoms. The molecule has 2 unspecified atom stereocenters. The maximum absolute atomic E-state index is 12.5. The molecule has 1 aliphatic heterocycles. The lowest BCUT2D eigenvalue weighted by molar-refractivity contribution is -0.161. The third-order valence-corrected chi connectivity index (χ3v) is 3.66. The lowest BCUT2D eigenvalue weighted by Gasteiger charge is -2.31. The standard InChI is InChI=1S/C15H19F3N2O/c16-15(17,18)13-8-7-12(10-19-13)20-14(21)9-6-11-4-2-1-3-5-11/h1-5,12-13,19H,6-10H2,(H,20,21). The van der Waals surface area contributed by atoms with E-state index in [0.29, 0.717) is 19.3 Å². The first-order valence-electron chi connectivity index (χ1n) is 7.08. The number of carbonyl (C=O) groups excluding carboxylic acids is 1. The number of hydrogen-bond donors (Lipinski definition) is 2. The van der Waals surface area contributed by atoms with Gasteiger partial charge in [0.05, 0.1) is 0 Å². The van der Waals surface area contributed by atoms with Gasteiger partial charge in [0.2, 0.25) is 5.91 Å². The fourth-order valence-corrected chi connectivity index (χ4v) is 2.46. The van der Waals surface area contributed by atoms with Crippen molar-refractivity contribution in [2.24, 2.45) is 0 Å². The summed E-state index contributed by atoms with van der Waals surface area (Å²) in [5.41, 5.74) is 1.08. The molecular weight excluding hydrogens is 281 g/mol. The second-order valence-corrected chi connectivity index (χ2v) is 5.33. The summed E-state index contributed by atoms with van der Waals surface area (Å²) >= 11 is 0. The van der Waals surface area contributed by atoms with Crippen molar-refractivity contribution in [2.75, 3.05) is 6.54 Å². The van der Waals surface area contributed by atoms with Gasteiger partial charge in [0, 0.05) is 19.0 Å². The van der Waals surface area contributed by atoms with Crippen molar-refractivity contribution < 1.29 is 18.0 Å². The van der Waals surface area contributed by atoms with E-state index in [1.807, 2.05) is 30.3 Å². The minimum Gasteiger partial charge on any atom is -0.352 e. The molecular formula is C15H19F3N2O. The third-order valence-electron chi connectivity index (χ3n) is 3.66. The van der Waals surface area contributed by atoms with E-state index in [-0.39, 0.29) is 24.9 Å². The zero-order valence-corrected chi connectivity index (χ0v) is 11.6. The van der Waals surface area contributed by atoms with Crippen LogP contribution in [0.3, 0.4) is 0 Å². The van der Waals surface area contributed by atoms with E-state index in [1.165, 1.54) is 0 Å². The third kappa shape index (κ3) is 5.04. The Balaban J connectivity index is 1.70. The van der Waals surface area contributed by atoms with Gasteiger partial charge >= 0.3 is 6.18 Å². The van der Waals surface area contributed by atoms with Crippen LogP contribution in [0, 0.1) is 0 Å². The van der Waals surface area contributed by atoms with Crippen molar-refractivity contribution in [3.05, 3.63) is 35.9 Å². The van der Waals surface area contributed by atoms with Crippen LogP contribution in [0.5, 0.6) is 0 Å². The highest BCUT2D eigenvalue weighted by Gasteiger charge is 2.41. The predicted molar refractivity (Wildman–Crippen MR) is 73.8 cm³/mol. The maximum atomic E-state index is 12.5. The van der Waals surface area contributed by atoms with Crippen molar-refractivity contribution in [1.82, 2.24) is 10.6 Å². The van der Waals surface area contributed by atoms with Crippen LogP contribution in [0.1, 0.15) is 24.8 Å². The first-order valence-corrected chi connectivity index (χ1v) is 7.08. The van der Waals surface area contributed by atoms with E-state index >= 15 is 0 Å². The number of nitrogens with one attached hydrogen (secondary N) is 2. The van der Waals surface area contributed by atoms with Crippen LogP contribution in [-0.2, 0) is 11.2 Å². The number of carbonyl (C=O) groups is 1. The number of halogens is 3. The predicted octanol–water partition coefficient (Wildman–Crippen LogP) is 2.42. The van der Waals surface area contributed by atoms with Crippen molar-refractivity contribution in [3.8, 4) is 0 Å². The Labute approximate surface area is 121 Å². The molecule has 0 aromatic heterocycles. The summed E-state index contributed by atoms with van der Waals surface area (Å²) in [6.45, 7) is 0.168. The summed E-state index contributed by atoms with van der Waals surface area (Å²) in [5, 5.41) is 5.24. The van der Waals surface area contributed by atoms with Crippen molar-refractivity contribution >= 4 is 5.91 Å². The Bertz CT molecular complexity index is 454. The van der Waals surface area contributed by atoms with Crippen LogP contribution in [-0.4, -0.2) is 30.7 Å². The largest absolute Gasteiger partial charge is 0.403 e. The zero-order valence-electron chi connectivity index (χ0n) is 11.6. The summed E-state index contributed by atoms with van der Waals surface area (Å²) in [4.78, 5) is 11.8. The number of hydrogen-bond acceptors (Lipinski definition) is 2. The average molecular weight is 300 g/mol. The molecule has 1 heterocycles.